The van der Waals surface area contributed by atoms with Crippen LogP contribution in [0.3, 0.4) is 0 Å². The highest BCUT2D eigenvalue weighted by Gasteiger charge is 2.43. The van der Waals surface area contributed by atoms with Gasteiger partial charge in [-0.3, -0.25) is 0 Å². The molecule has 1 nitrogen and oxygen atoms in total. The zero-order chi connectivity index (χ0) is 15.4. The fourth-order valence-corrected chi connectivity index (χ4v) is 9.87. The molecule has 1 aromatic carbocycles. The fraction of sp³-hybridized carbons (Fsp3) is 0.444. The highest BCUT2D eigenvalue weighted by molar-refractivity contribution is 7.13. The number of hydrogen-bond acceptors (Lipinski definition) is 2. The number of rotatable bonds is 2. The Labute approximate surface area is 133 Å². The molecule has 1 atom stereocenters. The Morgan fingerprint density at radius 3 is 2.43 bits per heavy atom. The van der Waals surface area contributed by atoms with E-state index in [4.69, 9.17) is 0 Å². The maximum Gasteiger partial charge on any atom is 0.132 e. The number of fused-ring (bicyclic) bond motifs is 3. The Balaban J connectivity index is 2.14. The first kappa shape index (κ1) is 15.0. The molecule has 1 aromatic heterocycles. The molecular formula is C18H25NSSi. The van der Waals surface area contributed by atoms with Gasteiger partial charge in [0.2, 0.25) is 0 Å². The second kappa shape index (κ2) is 4.80. The van der Waals surface area contributed by atoms with Gasteiger partial charge >= 0.3 is 0 Å². The van der Waals surface area contributed by atoms with Crippen LogP contribution < -0.4 is 4.98 Å². The highest BCUT2D eigenvalue weighted by Crippen LogP contribution is 2.51. The van der Waals surface area contributed by atoms with Gasteiger partial charge in [-0.15, -0.1) is 11.3 Å². The lowest BCUT2D eigenvalue weighted by molar-refractivity contribution is 0.509. The van der Waals surface area contributed by atoms with Gasteiger partial charge in [-0.2, -0.15) is 0 Å². The summed E-state index contributed by atoms with van der Waals surface area (Å²) in [6.07, 6.45) is 0. The van der Waals surface area contributed by atoms with Gasteiger partial charge in [0, 0.05) is 20.8 Å². The summed E-state index contributed by atoms with van der Waals surface area (Å²) in [5.74, 6) is 0. The smallest absolute Gasteiger partial charge is 0.132 e. The molecule has 0 bridgehead atoms. The lowest BCUT2D eigenvalue weighted by Gasteiger charge is -2.38. The average molecular weight is 316 g/mol. The van der Waals surface area contributed by atoms with E-state index >= 15 is 0 Å². The average Bonchev–Trinajstić information content (AvgIpc) is 2.80. The lowest BCUT2D eigenvalue weighted by Crippen LogP contribution is -2.57. The quantitative estimate of drug-likeness (QED) is 0.741. The van der Waals surface area contributed by atoms with E-state index in [0.717, 1.165) is 0 Å². The van der Waals surface area contributed by atoms with Crippen molar-refractivity contribution in [2.24, 2.45) is 0 Å². The second-order valence-electron chi connectivity index (χ2n) is 7.75. The van der Waals surface area contributed by atoms with Crippen molar-refractivity contribution >= 4 is 19.6 Å². The Morgan fingerprint density at radius 2 is 1.76 bits per heavy atom. The molecule has 0 radical (unpaired) electrons. The zero-order valence-electron chi connectivity index (χ0n) is 13.9. The first-order chi connectivity index (χ1) is 9.69. The van der Waals surface area contributed by atoms with Crippen LogP contribution in [0.5, 0.6) is 0 Å². The molecule has 1 unspecified atom stereocenters. The van der Waals surface area contributed by atoms with Crippen molar-refractivity contribution in [2.75, 3.05) is 0 Å². The van der Waals surface area contributed by atoms with Gasteiger partial charge in [-0.05, 0) is 50.5 Å². The first-order valence-corrected chi connectivity index (χ1v) is 11.6. The molecule has 3 rings (SSSR count). The van der Waals surface area contributed by atoms with Crippen LogP contribution in [0, 0.1) is 6.92 Å². The van der Waals surface area contributed by atoms with Gasteiger partial charge in [0.25, 0.3) is 0 Å². The lowest BCUT2D eigenvalue weighted by atomic mass is 10.1. The van der Waals surface area contributed by atoms with E-state index in [2.05, 4.69) is 76.1 Å². The summed E-state index contributed by atoms with van der Waals surface area (Å²) in [7, 11) is -1.63. The standard InChI is InChI=1S/C18H25NSSi/c1-12-11-15-13-9-7-8-10-14(13)17(16(15)20-12)21(5,6)19-18(2,3)4/h7-11,17,19H,1-6H3. The van der Waals surface area contributed by atoms with Crippen LogP contribution in [0.4, 0.5) is 0 Å². The van der Waals surface area contributed by atoms with E-state index in [1.807, 2.05) is 11.3 Å². The van der Waals surface area contributed by atoms with Crippen molar-refractivity contribution in [3.05, 3.63) is 45.6 Å². The maximum atomic E-state index is 3.97. The summed E-state index contributed by atoms with van der Waals surface area (Å²) in [4.78, 5) is 6.99. The Morgan fingerprint density at radius 1 is 1.10 bits per heavy atom. The molecule has 1 aliphatic carbocycles. The summed E-state index contributed by atoms with van der Waals surface area (Å²) in [5, 5.41) is 0. The largest absolute Gasteiger partial charge is 0.332 e. The van der Waals surface area contributed by atoms with Gasteiger partial charge in [0.1, 0.15) is 8.24 Å². The molecule has 0 spiro atoms. The Hall–Kier alpha value is -0.903. The molecule has 0 amide bonds. The SMILES string of the molecule is Cc1cc2c(s1)C([Si](C)(C)NC(C)(C)C)c1ccccc1-2. The fourth-order valence-electron chi connectivity index (χ4n) is 3.85. The second-order valence-corrected chi connectivity index (χ2v) is 13.3. The van der Waals surface area contributed by atoms with Crippen molar-refractivity contribution in [1.29, 1.82) is 0 Å². The minimum Gasteiger partial charge on any atom is -0.332 e. The first-order valence-electron chi connectivity index (χ1n) is 7.68. The summed E-state index contributed by atoms with van der Waals surface area (Å²) in [6, 6.07) is 11.4. The molecule has 0 saturated carbocycles. The molecule has 0 saturated heterocycles. The number of nitrogens with one attached hydrogen (secondary N) is 1. The van der Waals surface area contributed by atoms with Crippen molar-refractivity contribution in [2.45, 2.75) is 51.9 Å². The third kappa shape index (κ3) is 2.63. The molecule has 112 valence electrons. The van der Waals surface area contributed by atoms with Crippen molar-refractivity contribution in [1.82, 2.24) is 4.98 Å². The van der Waals surface area contributed by atoms with Gasteiger partial charge in [0.05, 0.1) is 0 Å². The normalized spacial score (nSPS) is 17.7. The molecule has 0 fully saturated rings. The van der Waals surface area contributed by atoms with E-state index in [0.29, 0.717) is 5.54 Å². The number of thiophene rings is 1. The molecule has 2 aromatic rings. The minimum atomic E-state index is -1.63. The van der Waals surface area contributed by atoms with E-state index in [-0.39, 0.29) is 5.54 Å². The predicted molar refractivity (Wildman–Crippen MR) is 96.7 cm³/mol. The molecule has 1 N–H and O–H groups in total. The number of hydrogen-bond donors (Lipinski definition) is 1. The van der Waals surface area contributed by atoms with Crippen LogP contribution in [0.2, 0.25) is 13.1 Å². The molecular weight excluding hydrogens is 290 g/mol. The summed E-state index contributed by atoms with van der Waals surface area (Å²) >= 11 is 1.99. The van der Waals surface area contributed by atoms with Crippen molar-refractivity contribution < 1.29 is 0 Å². The van der Waals surface area contributed by atoms with Crippen molar-refractivity contribution in [3.8, 4) is 11.1 Å². The minimum absolute atomic E-state index is 0.166. The van der Waals surface area contributed by atoms with E-state index in [1.54, 1.807) is 4.88 Å². The topological polar surface area (TPSA) is 12.0 Å². The van der Waals surface area contributed by atoms with Crippen LogP contribution in [-0.4, -0.2) is 13.8 Å². The van der Waals surface area contributed by atoms with Crippen molar-refractivity contribution in [3.63, 3.8) is 0 Å². The van der Waals surface area contributed by atoms with Crippen LogP contribution in [0.25, 0.3) is 11.1 Å². The maximum absolute atomic E-state index is 3.97. The van der Waals surface area contributed by atoms with Crippen LogP contribution >= 0.6 is 11.3 Å². The number of benzene rings is 1. The van der Waals surface area contributed by atoms with E-state index in [1.165, 1.54) is 21.6 Å². The summed E-state index contributed by atoms with van der Waals surface area (Å²) in [5.41, 5.74) is 5.21. The predicted octanol–water partition coefficient (Wildman–Crippen LogP) is 5.30. The molecule has 21 heavy (non-hydrogen) atoms. The summed E-state index contributed by atoms with van der Waals surface area (Å²) < 4.78 is 0. The monoisotopic (exact) mass is 315 g/mol. The molecule has 3 heteroatoms. The zero-order valence-corrected chi connectivity index (χ0v) is 15.7. The van der Waals surface area contributed by atoms with Gasteiger partial charge in [-0.25, -0.2) is 0 Å². The van der Waals surface area contributed by atoms with Gasteiger partial charge < -0.3 is 4.98 Å². The number of aryl methyl sites for hydroxylation is 1. The van der Waals surface area contributed by atoms with Gasteiger partial charge in [0.15, 0.2) is 0 Å². The van der Waals surface area contributed by atoms with E-state index < -0.39 is 8.24 Å². The van der Waals surface area contributed by atoms with E-state index in [9.17, 15) is 0 Å². The van der Waals surface area contributed by atoms with Gasteiger partial charge in [-0.1, -0.05) is 37.4 Å². The highest BCUT2D eigenvalue weighted by atomic mass is 32.1. The third-order valence-corrected chi connectivity index (χ3v) is 8.89. The molecule has 0 aliphatic heterocycles. The Kier molecular flexibility index (Phi) is 3.43. The Bertz CT molecular complexity index is 679. The molecule has 1 heterocycles. The van der Waals surface area contributed by atoms with Crippen LogP contribution in [0.15, 0.2) is 30.3 Å². The van der Waals surface area contributed by atoms with Crippen LogP contribution in [0.1, 0.15) is 41.6 Å². The summed E-state index contributed by atoms with van der Waals surface area (Å²) in [6.45, 7) is 14.0. The third-order valence-electron chi connectivity index (χ3n) is 4.13. The van der Waals surface area contributed by atoms with Crippen LogP contribution in [-0.2, 0) is 0 Å². The molecule has 1 aliphatic rings.